The molecule has 70 valence electrons. The molecule has 0 spiro atoms. The van der Waals surface area contributed by atoms with Crippen LogP contribution < -0.4 is 0 Å². The number of aliphatic hydroxyl groups is 2. The van der Waals surface area contributed by atoms with Crippen LogP contribution in [0.4, 0.5) is 0 Å². The van der Waals surface area contributed by atoms with Crippen LogP contribution in [0.1, 0.15) is 6.92 Å². The second kappa shape index (κ2) is 5.94. The van der Waals surface area contributed by atoms with Crippen LogP contribution in [0.3, 0.4) is 0 Å². The third-order valence-electron chi connectivity index (χ3n) is 1.65. The first kappa shape index (κ1) is 11.4. The molecule has 0 rings (SSSR count). The maximum absolute atomic E-state index is 9.02. The molecule has 0 unspecified atom stereocenters. The highest BCUT2D eigenvalue weighted by atomic mass is 16.6. The summed E-state index contributed by atoms with van der Waals surface area (Å²) in [5.41, 5.74) is 0. The van der Waals surface area contributed by atoms with Gasteiger partial charge in [0, 0.05) is 5.92 Å². The van der Waals surface area contributed by atoms with E-state index in [1.54, 1.807) is 6.08 Å². The van der Waals surface area contributed by atoms with Gasteiger partial charge in [-0.05, 0) is 6.08 Å². The standard InChI is InChI=1S/C9H16O3/c1-4-7(3)8(6-10)12-9(11)5-2/h4-5,7-11H,1-2,6H2,3H3/t7-,8+,9-/m0/s1. The lowest BCUT2D eigenvalue weighted by Crippen LogP contribution is -2.29. The van der Waals surface area contributed by atoms with Crippen LogP contribution in [-0.4, -0.2) is 29.2 Å². The quantitative estimate of drug-likeness (QED) is 0.458. The molecule has 0 aromatic rings. The van der Waals surface area contributed by atoms with Crippen LogP contribution in [0, 0.1) is 5.92 Å². The molecular formula is C9H16O3. The van der Waals surface area contributed by atoms with E-state index in [2.05, 4.69) is 13.2 Å². The Labute approximate surface area is 73.0 Å². The molecule has 3 nitrogen and oxygen atoms in total. The number of rotatable bonds is 6. The van der Waals surface area contributed by atoms with Gasteiger partial charge >= 0.3 is 0 Å². The molecule has 0 aromatic carbocycles. The molecule has 0 heterocycles. The Balaban J connectivity index is 3.97. The summed E-state index contributed by atoms with van der Waals surface area (Å²) in [6.45, 7) is 8.62. The average Bonchev–Trinajstić information content (AvgIpc) is 2.12. The Morgan fingerprint density at radius 1 is 1.42 bits per heavy atom. The lowest BCUT2D eigenvalue weighted by molar-refractivity contribution is -0.128. The summed E-state index contributed by atoms with van der Waals surface area (Å²) in [5, 5.41) is 17.9. The first-order chi connectivity index (χ1) is 5.65. The van der Waals surface area contributed by atoms with E-state index in [9.17, 15) is 0 Å². The molecule has 0 bridgehead atoms. The number of ether oxygens (including phenoxy) is 1. The Kier molecular flexibility index (Phi) is 5.62. The molecule has 0 fully saturated rings. The minimum absolute atomic E-state index is 0.00426. The van der Waals surface area contributed by atoms with Gasteiger partial charge in [0.25, 0.3) is 0 Å². The molecule has 0 saturated heterocycles. The predicted molar refractivity (Wildman–Crippen MR) is 47.5 cm³/mol. The molecule has 0 aliphatic carbocycles. The van der Waals surface area contributed by atoms with Gasteiger partial charge in [0.15, 0.2) is 6.29 Å². The number of hydrogen-bond donors (Lipinski definition) is 2. The molecule has 0 aromatic heterocycles. The molecule has 0 saturated carbocycles. The Morgan fingerprint density at radius 2 is 2.00 bits per heavy atom. The first-order valence-corrected chi connectivity index (χ1v) is 3.85. The van der Waals surface area contributed by atoms with Gasteiger partial charge in [-0.25, -0.2) is 0 Å². The molecule has 3 atom stereocenters. The smallest absolute Gasteiger partial charge is 0.174 e. The minimum atomic E-state index is -1.02. The summed E-state index contributed by atoms with van der Waals surface area (Å²) in [5.74, 6) is 0.00426. The topological polar surface area (TPSA) is 49.7 Å². The molecule has 0 amide bonds. The highest BCUT2D eigenvalue weighted by Crippen LogP contribution is 2.09. The summed E-state index contributed by atoms with van der Waals surface area (Å²) in [7, 11) is 0. The summed E-state index contributed by atoms with van der Waals surface area (Å²) in [6, 6.07) is 0. The molecule has 3 heteroatoms. The van der Waals surface area contributed by atoms with Crippen molar-refractivity contribution in [1.82, 2.24) is 0 Å². The zero-order chi connectivity index (χ0) is 9.56. The third-order valence-corrected chi connectivity index (χ3v) is 1.65. The minimum Gasteiger partial charge on any atom is -0.394 e. The zero-order valence-electron chi connectivity index (χ0n) is 7.31. The number of aliphatic hydroxyl groups excluding tert-OH is 2. The molecule has 12 heavy (non-hydrogen) atoms. The van der Waals surface area contributed by atoms with Crippen molar-refractivity contribution < 1.29 is 14.9 Å². The maximum atomic E-state index is 9.02. The number of hydrogen-bond acceptors (Lipinski definition) is 3. The van der Waals surface area contributed by atoms with Crippen molar-refractivity contribution in [3.63, 3.8) is 0 Å². The van der Waals surface area contributed by atoms with Gasteiger partial charge in [-0.1, -0.05) is 19.6 Å². The van der Waals surface area contributed by atoms with E-state index < -0.39 is 12.4 Å². The van der Waals surface area contributed by atoms with Crippen LogP contribution in [-0.2, 0) is 4.74 Å². The predicted octanol–water partition coefficient (Wildman–Crippen LogP) is 0.690. The van der Waals surface area contributed by atoms with Crippen molar-refractivity contribution in [3.05, 3.63) is 25.3 Å². The van der Waals surface area contributed by atoms with E-state index >= 15 is 0 Å². The van der Waals surface area contributed by atoms with Crippen LogP contribution in [0.15, 0.2) is 25.3 Å². The Morgan fingerprint density at radius 3 is 2.33 bits per heavy atom. The van der Waals surface area contributed by atoms with Gasteiger partial charge < -0.3 is 14.9 Å². The molecule has 0 radical (unpaired) electrons. The fourth-order valence-corrected chi connectivity index (χ4v) is 0.720. The fraction of sp³-hybridized carbons (Fsp3) is 0.556. The van der Waals surface area contributed by atoms with Gasteiger partial charge in [-0.3, -0.25) is 0 Å². The molecule has 2 N–H and O–H groups in total. The lowest BCUT2D eigenvalue weighted by atomic mass is 10.1. The fourth-order valence-electron chi connectivity index (χ4n) is 0.720. The van der Waals surface area contributed by atoms with E-state index in [1.807, 2.05) is 6.92 Å². The van der Waals surface area contributed by atoms with Gasteiger partial charge in [0.05, 0.1) is 12.7 Å². The SMILES string of the molecule is C=C[C@@H](O)O[C@H](CO)[C@@H](C)C=C. The summed E-state index contributed by atoms with van der Waals surface area (Å²) >= 11 is 0. The highest BCUT2D eigenvalue weighted by Gasteiger charge is 2.16. The average molecular weight is 172 g/mol. The van der Waals surface area contributed by atoms with E-state index in [0.29, 0.717) is 0 Å². The Bertz CT molecular complexity index is 145. The zero-order valence-corrected chi connectivity index (χ0v) is 7.31. The van der Waals surface area contributed by atoms with Gasteiger partial charge in [-0.2, -0.15) is 0 Å². The van der Waals surface area contributed by atoms with Crippen molar-refractivity contribution in [1.29, 1.82) is 0 Å². The summed E-state index contributed by atoms with van der Waals surface area (Å²) < 4.78 is 5.02. The Hall–Kier alpha value is -0.640. The van der Waals surface area contributed by atoms with Crippen molar-refractivity contribution in [2.45, 2.75) is 19.3 Å². The van der Waals surface area contributed by atoms with Gasteiger partial charge in [0.2, 0.25) is 0 Å². The largest absolute Gasteiger partial charge is 0.394 e. The summed E-state index contributed by atoms with van der Waals surface area (Å²) in [4.78, 5) is 0. The van der Waals surface area contributed by atoms with Crippen LogP contribution in [0.25, 0.3) is 0 Å². The monoisotopic (exact) mass is 172 g/mol. The van der Waals surface area contributed by atoms with Crippen LogP contribution >= 0.6 is 0 Å². The molecule has 0 aliphatic heterocycles. The first-order valence-electron chi connectivity index (χ1n) is 3.85. The van der Waals surface area contributed by atoms with Gasteiger partial charge in [0.1, 0.15) is 0 Å². The summed E-state index contributed by atoms with van der Waals surface area (Å²) in [6.07, 6.45) is 1.48. The lowest BCUT2D eigenvalue weighted by Gasteiger charge is -2.21. The van der Waals surface area contributed by atoms with E-state index in [-0.39, 0.29) is 12.5 Å². The molecule has 0 aliphatic rings. The highest BCUT2D eigenvalue weighted by molar-refractivity contribution is 4.83. The van der Waals surface area contributed by atoms with E-state index in [4.69, 9.17) is 14.9 Å². The van der Waals surface area contributed by atoms with Crippen molar-refractivity contribution in [3.8, 4) is 0 Å². The second-order valence-electron chi connectivity index (χ2n) is 2.58. The maximum Gasteiger partial charge on any atom is 0.174 e. The van der Waals surface area contributed by atoms with E-state index in [1.165, 1.54) is 6.08 Å². The van der Waals surface area contributed by atoms with Crippen LogP contribution in [0.5, 0.6) is 0 Å². The second-order valence-corrected chi connectivity index (χ2v) is 2.58. The van der Waals surface area contributed by atoms with Crippen molar-refractivity contribution in [2.24, 2.45) is 5.92 Å². The molecular weight excluding hydrogens is 156 g/mol. The van der Waals surface area contributed by atoms with Crippen LogP contribution in [0.2, 0.25) is 0 Å². The van der Waals surface area contributed by atoms with Gasteiger partial charge in [-0.15, -0.1) is 6.58 Å². The van der Waals surface area contributed by atoms with Crippen molar-refractivity contribution >= 4 is 0 Å². The third kappa shape index (κ3) is 3.67. The van der Waals surface area contributed by atoms with E-state index in [0.717, 1.165) is 0 Å². The normalized spacial score (nSPS) is 17.9. The van der Waals surface area contributed by atoms with Crippen molar-refractivity contribution in [2.75, 3.05) is 6.61 Å².